The van der Waals surface area contributed by atoms with E-state index in [1.807, 2.05) is 0 Å². The molecule has 0 saturated heterocycles. The third-order valence-electron chi connectivity index (χ3n) is 1.83. The van der Waals surface area contributed by atoms with Crippen molar-refractivity contribution in [1.29, 1.82) is 0 Å². The van der Waals surface area contributed by atoms with E-state index >= 15 is 0 Å². The highest BCUT2D eigenvalue weighted by molar-refractivity contribution is 7.13. The molecule has 2 rings (SSSR count). The molecule has 0 aromatic carbocycles. The van der Waals surface area contributed by atoms with Crippen LogP contribution in [-0.4, -0.2) is 19.9 Å². The van der Waals surface area contributed by atoms with E-state index in [1.54, 1.807) is 11.7 Å². The highest BCUT2D eigenvalue weighted by atomic mass is 32.1. The average Bonchev–Trinajstić information content (AvgIpc) is 2.70. The third kappa shape index (κ3) is 2.27. The Balaban J connectivity index is 2.40. The van der Waals surface area contributed by atoms with Gasteiger partial charge in [0.1, 0.15) is 5.82 Å². The Morgan fingerprint density at radius 2 is 2.20 bits per heavy atom. The highest BCUT2D eigenvalue weighted by Gasteiger charge is 2.07. The van der Waals surface area contributed by atoms with Gasteiger partial charge in [-0.05, 0) is 6.42 Å². The van der Waals surface area contributed by atoms with Gasteiger partial charge < -0.3 is 5.73 Å². The van der Waals surface area contributed by atoms with Gasteiger partial charge in [-0.3, -0.25) is 4.98 Å². The first kappa shape index (κ1) is 9.97. The molecule has 2 N–H and O–H groups in total. The fourth-order valence-corrected chi connectivity index (χ4v) is 1.76. The quantitative estimate of drug-likeness (QED) is 0.850. The van der Waals surface area contributed by atoms with E-state index in [1.165, 1.54) is 11.3 Å². The summed E-state index contributed by atoms with van der Waals surface area (Å²) in [5, 5.41) is 0. The van der Waals surface area contributed by atoms with Crippen LogP contribution in [-0.2, 0) is 6.42 Å². The minimum absolute atomic E-state index is 0.275. The maximum atomic E-state index is 5.62. The maximum absolute atomic E-state index is 5.62. The molecule has 0 atom stereocenters. The fraction of sp³-hybridized carbons (Fsp3) is 0.333. The molecule has 2 aromatic heterocycles. The SMILES string of the molecule is CCCc1nc(N)nc(-c2cncs2)n1. The Hall–Kier alpha value is -1.56. The standard InChI is InChI=1S/C9H11N5S/c1-2-3-7-12-8(14-9(10)13-7)6-4-11-5-15-6/h4-5H,2-3H2,1H3,(H2,10,12,13,14). The van der Waals surface area contributed by atoms with Crippen molar-refractivity contribution in [2.24, 2.45) is 0 Å². The second kappa shape index (κ2) is 4.31. The second-order valence-corrected chi connectivity index (χ2v) is 3.94. The minimum Gasteiger partial charge on any atom is -0.368 e. The zero-order valence-corrected chi connectivity index (χ0v) is 9.16. The van der Waals surface area contributed by atoms with Gasteiger partial charge in [-0.1, -0.05) is 6.92 Å². The normalized spacial score (nSPS) is 10.5. The predicted molar refractivity (Wildman–Crippen MR) is 59.3 cm³/mol. The lowest BCUT2D eigenvalue weighted by Gasteiger charge is -2.01. The summed E-state index contributed by atoms with van der Waals surface area (Å²) in [4.78, 5) is 17.4. The van der Waals surface area contributed by atoms with Gasteiger partial charge in [0.05, 0.1) is 10.4 Å². The molecule has 78 valence electrons. The molecule has 0 radical (unpaired) electrons. The van der Waals surface area contributed by atoms with Crippen LogP contribution in [0.5, 0.6) is 0 Å². The van der Waals surface area contributed by atoms with E-state index in [-0.39, 0.29) is 5.95 Å². The van der Waals surface area contributed by atoms with Gasteiger partial charge in [-0.25, -0.2) is 4.98 Å². The van der Waals surface area contributed by atoms with Crippen LogP contribution in [0.3, 0.4) is 0 Å². The molecule has 2 heterocycles. The molecule has 0 fully saturated rings. The number of aryl methyl sites for hydroxylation is 1. The first-order chi connectivity index (χ1) is 7.29. The number of aromatic nitrogens is 4. The Kier molecular flexibility index (Phi) is 2.86. The Morgan fingerprint density at radius 1 is 1.33 bits per heavy atom. The Morgan fingerprint density at radius 3 is 2.87 bits per heavy atom. The van der Waals surface area contributed by atoms with Crippen LogP contribution in [0.15, 0.2) is 11.7 Å². The Labute approximate surface area is 91.4 Å². The van der Waals surface area contributed by atoms with E-state index in [9.17, 15) is 0 Å². The highest BCUT2D eigenvalue weighted by Crippen LogP contribution is 2.19. The number of anilines is 1. The molecule has 15 heavy (non-hydrogen) atoms. The van der Waals surface area contributed by atoms with Crippen LogP contribution >= 0.6 is 11.3 Å². The molecule has 0 aliphatic carbocycles. The van der Waals surface area contributed by atoms with E-state index in [2.05, 4.69) is 26.9 Å². The minimum atomic E-state index is 0.275. The number of hydrogen-bond donors (Lipinski definition) is 1. The summed E-state index contributed by atoms with van der Waals surface area (Å²) >= 11 is 1.49. The topological polar surface area (TPSA) is 77.6 Å². The zero-order valence-electron chi connectivity index (χ0n) is 8.34. The van der Waals surface area contributed by atoms with Gasteiger partial charge in [-0.2, -0.15) is 9.97 Å². The van der Waals surface area contributed by atoms with E-state index in [0.29, 0.717) is 5.82 Å². The van der Waals surface area contributed by atoms with Crippen LogP contribution in [0.1, 0.15) is 19.2 Å². The summed E-state index contributed by atoms with van der Waals surface area (Å²) in [6, 6.07) is 0. The number of nitrogens with two attached hydrogens (primary N) is 1. The van der Waals surface area contributed by atoms with Gasteiger partial charge in [0.25, 0.3) is 0 Å². The zero-order chi connectivity index (χ0) is 10.7. The van der Waals surface area contributed by atoms with Crippen molar-refractivity contribution in [3.63, 3.8) is 0 Å². The van der Waals surface area contributed by atoms with Crippen molar-refractivity contribution in [3.05, 3.63) is 17.5 Å². The third-order valence-corrected chi connectivity index (χ3v) is 2.59. The van der Waals surface area contributed by atoms with Crippen molar-refractivity contribution in [1.82, 2.24) is 19.9 Å². The summed E-state index contributed by atoms with van der Waals surface area (Å²) < 4.78 is 0. The van der Waals surface area contributed by atoms with Crippen molar-refractivity contribution in [2.45, 2.75) is 19.8 Å². The number of nitrogens with zero attached hydrogens (tertiary/aromatic N) is 4. The average molecular weight is 221 g/mol. The van der Waals surface area contributed by atoms with Crippen LogP contribution < -0.4 is 5.73 Å². The first-order valence-corrected chi connectivity index (χ1v) is 5.57. The monoisotopic (exact) mass is 221 g/mol. The van der Waals surface area contributed by atoms with Gasteiger partial charge in [-0.15, -0.1) is 11.3 Å². The predicted octanol–water partition coefficient (Wildman–Crippen LogP) is 1.53. The lowest BCUT2D eigenvalue weighted by Crippen LogP contribution is -2.04. The van der Waals surface area contributed by atoms with Gasteiger partial charge >= 0.3 is 0 Å². The smallest absolute Gasteiger partial charge is 0.223 e. The van der Waals surface area contributed by atoms with Gasteiger partial charge in [0, 0.05) is 12.6 Å². The maximum Gasteiger partial charge on any atom is 0.223 e. The fourth-order valence-electron chi connectivity index (χ4n) is 1.21. The van der Waals surface area contributed by atoms with Crippen LogP contribution in [0.2, 0.25) is 0 Å². The van der Waals surface area contributed by atoms with Crippen LogP contribution in [0.4, 0.5) is 5.95 Å². The summed E-state index contributed by atoms with van der Waals surface area (Å²) in [6.45, 7) is 2.08. The lowest BCUT2D eigenvalue weighted by molar-refractivity contribution is 0.825. The Bertz CT molecular complexity index is 440. The van der Waals surface area contributed by atoms with Crippen molar-refractivity contribution in [3.8, 4) is 10.7 Å². The molecule has 0 unspecified atom stereocenters. The van der Waals surface area contributed by atoms with E-state index in [4.69, 9.17) is 5.73 Å². The molecule has 6 heteroatoms. The van der Waals surface area contributed by atoms with Crippen molar-refractivity contribution >= 4 is 17.3 Å². The summed E-state index contributed by atoms with van der Waals surface area (Å²) in [5.74, 6) is 1.64. The second-order valence-electron chi connectivity index (χ2n) is 3.05. The lowest BCUT2D eigenvalue weighted by atomic mass is 10.3. The van der Waals surface area contributed by atoms with Crippen molar-refractivity contribution in [2.75, 3.05) is 5.73 Å². The summed E-state index contributed by atoms with van der Waals surface area (Å²) in [5.41, 5.74) is 7.36. The van der Waals surface area contributed by atoms with Crippen LogP contribution in [0.25, 0.3) is 10.7 Å². The molecule has 0 aliphatic rings. The summed E-state index contributed by atoms with van der Waals surface area (Å²) in [7, 11) is 0. The molecule has 0 amide bonds. The van der Waals surface area contributed by atoms with E-state index in [0.717, 1.165) is 23.5 Å². The summed E-state index contributed by atoms with van der Waals surface area (Å²) in [6.07, 6.45) is 3.54. The van der Waals surface area contributed by atoms with Gasteiger partial charge in [0.15, 0.2) is 5.82 Å². The number of hydrogen-bond acceptors (Lipinski definition) is 6. The molecule has 0 aliphatic heterocycles. The molecule has 5 nitrogen and oxygen atoms in total. The van der Waals surface area contributed by atoms with Crippen LogP contribution in [0, 0.1) is 0 Å². The first-order valence-electron chi connectivity index (χ1n) is 4.69. The van der Waals surface area contributed by atoms with Crippen molar-refractivity contribution < 1.29 is 0 Å². The number of rotatable bonds is 3. The molecule has 0 saturated carbocycles. The number of nitrogen functional groups attached to an aromatic ring is 1. The van der Waals surface area contributed by atoms with E-state index < -0.39 is 0 Å². The molecular formula is C9H11N5S. The molecular weight excluding hydrogens is 210 g/mol. The molecule has 2 aromatic rings. The van der Waals surface area contributed by atoms with Gasteiger partial charge in [0.2, 0.25) is 5.95 Å². The number of thiazole rings is 1. The molecule has 0 bridgehead atoms. The molecule has 0 spiro atoms. The largest absolute Gasteiger partial charge is 0.368 e.